The molecule has 0 spiro atoms. The number of amides is 1. The Kier molecular flexibility index (Phi) is 5.99. The van der Waals surface area contributed by atoms with Gasteiger partial charge in [0.1, 0.15) is 11.9 Å². The third kappa shape index (κ3) is 4.86. The third-order valence-corrected chi connectivity index (χ3v) is 6.64. The van der Waals surface area contributed by atoms with Crippen LogP contribution in [0.25, 0.3) is 0 Å². The lowest BCUT2D eigenvalue weighted by Gasteiger charge is -2.19. The Morgan fingerprint density at radius 2 is 2.05 bits per heavy atom. The van der Waals surface area contributed by atoms with Gasteiger partial charge in [-0.1, -0.05) is 39.9 Å². The van der Waals surface area contributed by atoms with Crippen molar-refractivity contribution in [1.82, 2.24) is 30.0 Å². The lowest BCUT2D eigenvalue weighted by molar-refractivity contribution is 0.0693. The number of benzene rings is 1. The maximum atomic E-state index is 15.2. The summed E-state index contributed by atoms with van der Waals surface area (Å²) < 4.78 is 24.0. The zero-order chi connectivity index (χ0) is 25.4. The van der Waals surface area contributed by atoms with Crippen LogP contribution in [0.1, 0.15) is 30.0 Å². The highest BCUT2D eigenvalue weighted by molar-refractivity contribution is 6.03. The minimum Gasteiger partial charge on any atom is -0.442 e. The van der Waals surface area contributed by atoms with Gasteiger partial charge in [-0.05, 0) is 36.6 Å². The van der Waals surface area contributed by atoms with E-state index in [0.717, 1.165) is 17.0 Å². The molecule has 2 unspecified atom stereocenters. The van der Waals surface area contributed by atoms with Gasteiger partial charge < -0.3 is 9.57 Å². The fourth-order valence-corrected chi connectivity index (χ4v) is 4.81. The number of aryl methyl sites for hydroxylation is 1. The molecule has 4 heterocycles. The van der Waals surface area contributed by atoms with Gasteiger partial charge in [0.05, 0.1) is 42.9 Å². The molecule has 0 radical (unpaired) electrons. The zero-order valence-corrected chi connectivity index (χ0v) is 20.1. The number of anilines is 1. The van der Waals surface area contributed by atoms with E-state index in [9.17, 15) is 4.79 Å². The van der Waals surface area contributed by atoms with Crippen molar-refractivity contribution >= 4 is 17.5 Å². The van der Waals surface area contributed by atoms with E-state index >= 15 is 4.39 Å². The number of hydrogen-bond donors (Lipinski definition) is 0. The van der Waals surface area contributed by atoms with E-state index in [4.69, 9.17) is 9.57 Å². The normalized spacial score (nSPS) is 23.1. The molecule has 3 aromatic rings. The predicted octanol–water partition coefficient (Wildman–Crippen LogP) is 3.16. The number of hydrogen-bond acceptors (Lipinski definition) is 8. The number of ether oxygens (including phenoxy) is 1. The molecular formula is C25H25FN8O3. The number of halogens is 1. The second kappa shape index (κ2) is 9.60. The van der Waals surface area contributed by atoms with E-state index in [-0.39, 0.29) is 23.9 Å². The third-order valence-electron chi connectivity index (χ3n) is 6.64. The number of aromatic nitrogens is 6. The topological polar surface area (TPSA) is 113 Å². The first-order valence-corrected chi connectivity index (χ1v) is 12.1. The molecule has 2 aromatic heterocycles. The van der Waals surface area contributed by atoms with E-state index < -0.39 is 6.09 Å². The zero-order valence-electron chi connectivity index (χ0n) is 20.1. The Bertz CT molecular complexity index is 1400. The first kappa shape index (κ1) is 23.1. The van der Waals surface area contributed by atoms with E-state index in [0.29, 0.717) is 43.7 Å². The minimum absolute atomic E-state index is 0.0917. The first-order valence-electron chi connectivity index (χ1n) is 12.1. The van der Waals surface area contributed by atoms with Crippen molar-refractivity contribution < 1.29 is 18.8 Å². The van der Waals surface area contributed by atoms with Gasteiger partial charge in [-0.3, -0.25) is 4.90 Å². The van der Waals surface area contributed by atoms with Crippen molar-refractivity contribution in [2.75, 3.05) is 11.4 Å². The molecule has 3 aliphatic rings. The van der Waals surface area contributed by atoms with Gasteiger partial charge in [0.25, 0.3) is 0 Å². The molecule has 190 valence electrons. The van der Waals surface area contributed by atoms with Crippen molar-refractivity contribution in [3.63, 3.8) is 0 Å². The van der Waals surface area contributed by atoms with Gasteiger partial charge in [0.15, 0.2) is 6.10 Å². The van der Waals surface area contributed by atoms with E-state index in [1.807, 2.05) is 19.1 Å². The highest BCUT2D eigenvalue weighted by Gasteiger charge is 2.33. The lowest BCUT2D eigenvalue weighted by atomic mass is 9.88. The van der Waals surface area contributed by atoms with Gasteiger partial charge in [-0.15, -0.1) is 10.2 Å². The molecule has 2 aliphatic heterocycles. The first-order chi connectivity index (χ1) is 18.0. The van der Waals surface area contributed by atoms with Gasteiger partial charge in [-0.25, -0.2) is 18.5 Å². The molecule has 1 aromatic carbocycles. The molecule has 1 amide bonds. The van der Waals surface area contributed by atoms with Crippen LogP contribution < -0.4 is 4.90 Å². The molecular weight excluding hydrogens is 479 g/mol. The van der Waals surface area contributed by atoms with Crippen LogP contribution in [0.15, 0.2) is 65.7 Å². The average Bonchev–Trinajstić information content (AvgIpc) is 3.70. The molecule has 11 nitrogen and oxygen atoms in total. The summed E-state index contributed by atoms with van der Waals surface area (Å²) in [6, 6.07) is 4.90. The largest absolute Gasteiger partial charge is 0.442 e. The summed E-state index contributed by atoms with van der Waals surface area (Å²) in [5.41, 5.74) is 3.69. The van der Waals surface area contributed by atoms with Crippen molar-refractivity contribution in [3.8, 4) is 0 Å². The Hall–Kier alpha value is -4.35. The Labute approximate surface area is 211 Å². The van der Waals surface area contributed by atoms with Gasteiger partial charge >= 0.3 is 6.09 Å². The van der Waals surface area contributed by atoms with Crippen LogP contribution in [0.2, 0.25) is 0 Å². The number of nitrogens with zero attached hydrogens (tertiary/aromatic N) is 8. The predicted molar refractivity (Wildman–Crippen MR) is 130 cm³/mol. The summed E-state index contributed by atoms with van der Waals surface area (Å²) in [5.74, 6) is -0.470. The van der Waals surface area contributed by atoms with Gasteiger partial charge in [0.2, 0.25) is 0 Å². The number of rotatable bonds is 7. The summed E-state index contributed by atoms with van der Waals surface area (Å²) in [4.78, 5) is 19.4. The maximum absolute atomic E-state index is 15.2. The molecule has 37 heavy (non-hydrogen) atoms. The second-order valence-electron chi connectivity index (χ2n) is 9.36. The average molecular weight is 505 g/mol. The minimum atomic E-state index is -0.499. The fourth-order valence-electron chi connectivity index (χ4n) is 4.81. The summed E-state index contributed by atoms with van der Waals surface area (Å²) in [6.45, 7) is 3.13. The van der Waals surface area contributed by atoms with Crippen molar-refractivity contribution in [2.45, 2.75) is 51.0 Å². The molecule has 0 bridgehead atoms. The molecule has 12 heteroatoms. The second-order valence-corrected chi connectivity index (χ2v) is 9.36. The van der Waals surface area contributed by atoms with E-state index in [1.54, 1.807) is 40.1 Å². The van der Waals surface area contributed by atoms with Crippen LogP contribution in [0.3, 0.4) is 0 Å². The van der Waals surface area contributed by atoms with Crippen LogP contribution in [0.4, 0.5) is 14.9 Å². The maximum Gasteiger partial charge on any atom is 0.414 e. The quantitative estimate of drug-likeness (QED) is 0.486. The molecule has 1 aliphatic carbocycles. The van der Waals surface area contributed by atoms with Crippen LogP contribution in [-0.4, -0.2) is 60.5 Å². The highest BCUT2D eigenvalue weighted by atomic mass is 19.1. The number of cyclic esters (lactones) is 1. The van der Waals surface area contributed by atoms with E-state index in [2.05, 4.69) is 31.9 Å². The lowest BCUT2D eigenvalue weighted by Crippen LogP contribution is -2.26. The Balaban J connectivity index is 1.07. The van der Waals surface area contributed by atoms with Gasteiger partial charge in [-0.2, -0.15) is 0 Å². The summed E-state index contributed by atoms with van der Waals surface area (Å²) in [6.07, 6.45) is 11.6. The monoisotopic (exact) mass is 504 g/mol. The van der Waals surface area contributed by atoms with Crippen LogP contribution in [0, 0.1) is 12.7 Å². The molecule has 1 fully saturated rings. The number of allylic oxidation sites excluding steroid dienone is 4. The fraction of sp³-hybridized carbons (Fsp3) is 0.360. The van der Waals surface area contributed by atoms with Crippen molar-refractivity contribution in [3.05, 3.63) is 77.7 Å². The number of oxime groups is 1. The summed E-state index contributed by atoms with van der Waals surface area (Å²) in [5, 5.41) is 19.9. The standard InChI is InChI=1S/C25H25FN8O3/c1-16-12-33(31-28-16)14-21-15-34(25(35)36-21)19-6-7-22(23(26)10-19)17-2-4-18(5-3-17)24-11-20(37-29-24)13-32-9-8-27-30-32/h2,4-10,12,17,20-21H,3,11,13-15H2,1H3/t17?,20?,21-/m0/s1. The van der Waals surface area contributed by atoms with Crippen LogP contribution in [-0.2, 0) is 22.7 Å². The van der Waals surface area contributed by atoms with Crippen LogP contribution >= 0.6 is 0 Å². The molecule has 6 rings (SSSR count). The molecule has 1 saturated heterocycles. The molecule has 0 saturated carbocycles. The van der Waals surface area contributed by atoms with Crippen LogP contribution in [0.5, 0.6) is 0 Å². The molecule has 3 atom stereocenters. The highest BCUT2D eigenvalue weighted by Crippen LogP contribution is 2.33. The summed E-state index contributed by atoms with van der Waals surface area (Å²) >= 11 is 0. The molecule has 0 N–H and O–H groups in total. The number of carbonyl (C=O) groups excluding carboxylic acids is 1. The van der Waals surface area contributed by atoms with Crippen molar-refractivity contribution in [2.24, 2.45) is 5.16 Å². The van der Waals surface area contributed by atoms with E-state index in [1.165, 1.54) is 11.0 Å². The SMILES string of the molecule is Cc1cn(C[C@H]2CN(c3ccc(C4C=CC(C5=NOC(Cn6ccnn6)C5)=CC4)c(F)c3)C(=O)O2)nn1. The van der Waals surface area contributed by atoms with Gasteiger partial charge in [0, 0.05) is 24.7 Å². The Morgan fingerprint density at radius 1 is 1.16 bits per heavy atom. The van der Waals surface area contributed by atoms with Crippen molar-refractivity contribution in [1.29, 1.82) is 0 Å². The number of carbonyl (C=O) groups is 1. The smallest absolute Gasteiger partial charge is 0.414 e. The summed E-state index contributed by atoms with van der Waals surface area (Å²) in [7, 11) is 0. The Morgan fingerprint density at radius 3 is 2.78 bits per heavy atom.